The van der Waals surface area contributed by atoms with Gasteiger partial charge in [0, 0.05) is 57.4 Å². The zero-order chi connectivity index (χ0) is 19.6. The molecule has 0 spiro atoms. The maximum atomic E-state index is 10.2. The molecule has 0 aromatic heterocycles. The molecular formula is C23H31N3O2. The third kappa shape index (κ3) is 4.08. The van der Waals surface area contributed by atoms with E-state index in [1.165, 1.54) is 5.56 Å². The van der Waals surface area contributed by atoms with E-state index in [4.69, 9.17) is 0 Å². The summed E-state index contributed by atoms with van der Waals surface area (Å²) in [6.07, 6.45) is 0. The molecule has 5 heteroatoms. The lowest BCUT2D eigenvalue weighted by atomic mass is 9.91. The Balaban J connectivity index is 1.47. The molecule has 2 aliphatic heterocycles. The van der Waals surface area contributed by atoms with E-state index in [2.05, 4.69) is 52.0 Å². The number of nitrogens with zero attached hydrogens (tertiary/aromatic N) is 3. The average Bonchev–Trinajstić information content (AvgIpc) is 2.70. The number of fused-ring (bicyclic) bond motifs is 1. The van der Waals surface area contributed by atoms with Gasteiger partial charge in [-0.2, -0.15) is 0 Å². The topological polar surface area (TPSA) is 50.2 Å². The minimum atomic E-state index is -0.210. The number of benzene rings is 2. The molecule has 150 valence electrons. The number of hydrogen-bond donors (Lipinski definition) is 2. The largest absolute Gasteiger partial charge is 0.508 e. The highest BCUT2D eigenvalue weighted by molar-refractivity contribution is 5.31. The Morgan fingerprint density at radius 1 is 0.929 bits per heavy atom. The second-order valence-corrected chi connectivity index (χ2v) is 8.52. The van der Waals surface area contributed by atoms with Crippen molar-refractivity contribution in [3.05, 3.63) is 65.7 Å². The van der Waals surface area contributed by atoms with Crippen molar-refractivity contribution in [2.75, 3.05) is 39.3 Å². The molecule has 28 heavy (non-hydrogen) atoms. The molecule has 2 N–H and O–H groups in total. The van der Waals surface area contributed by atoms with E-state index in [0.717, 1.165) is 51.4 Å². The molecular weight excluding hydrogens is 350 g/mol. The zero-order valence-corrected chi connectivity index (χ0v) is 16.7. The van der Waals surface area contributed by atoms with E-state index in [-0.39, 0.29) is 12.1 Å². The van der Waals surface area contributed by atoms with Crippen LogP contribution in [-0.2, 0) is 13.1 Å². The van der Waals surface area contributed by atoms with Crippen LogP contribution in [0.2, 0.25) is 0 Å². The Hall–Kier alpha value is -1.92. The lowest BCUT2D eigenvalue weighted by molar-refractivity contribution is -0.0952. The molecule has 2 heterocycles. The molecule has 0 unspecified atom stereocenters. The van der Waals surface area contributed by atoms with Crippen LogP contribution in [-0.4, -0.2) is 75.8 Å². The van der Waals surface area contributed by atoms with Gasteiger partial charge in [-0.3, -0.25) is 14.7 Å². The summed E-state index contributed by atoms with van der Waals surface area (Å²) >= 11 is 0. The third-order valence-electron chi connectivity index (χ3n) is 6.27. The van der Waals surface area contributed by atoms with E-state index in [1.807, 2.05) is 18.2 Å². The van der Waals surface area contributed by atoms with Crippen LogP contribution in [0.25, 0.3) is 0 Å². The van der Waals surface area contributed by atoms with Crippen molar-refractivity contribution in [2.45, 2.75) is 31.6 Å². The normalized spacial score (nSPS) is 26.9. The van der Waals surface area contributed by atoms with Crippen LogP contribution in [0.3, 0.4) is 0 Å². The molecule has 0 saturated carbocycles. The van der Waals surface area contributed by atoms with Gasteiger partial charge in [-0.25, -0.2) is 0 Å². The SMILES string of the molecule is C[C@@]1(CO)CN(Cc2ccccc2)C[C@@H]2CN(Cc3ccccc3O)CCN21. The van der Waals surface area contributed by atoms with Crippen LogP contribution in [0.5, 0.6) is 5.75 Å². The number of aliphatic hydroxyl groups is 1. The first kappa shape index (κ1) is 19.4. The van der Waals surface area contributed by atoms with Crippen LogP contribution in [0, 0.1) is 0 Å². The lowest BCUT2D eigenvalue weighted by Gasteiger charge is -2.56. The quantitative estimate of drug-likeness (QED) is 0.831. The molecule has 0 radical (unpaired) electrons. The monoisotopic (exact) mass is 381 g/mol. The van der Waals surface area contributed by atoms with Gasteiger partial charge in [-0.1, -0.05) is 48.5 Å². The van der Waals surface area contributed by atoms with E-state index < -0.39 is 0 Å². The fourth-order valence-corrected chi connectivity index (χ4v) is 4.85. The highest BCUT2D eigenvalue weighted by Gasteiger charge is 2.44. The Morgan fingerprint density at radius 2 is 1.64 bits per heavy atom. The third-order valence-corrected chi connectivity index (χ3v) is 6.27. The van der Waals surface area contributed by atoms with Crippen molar-refractivity contribution in [2.24, 2.45) is 0 Å². The minimum Gasteiger partial charge on any atom is -0.508 e. The predicted octanol–water partition coefficient (Wildman–Crippen LogP) is 2.15. The van der Waals surface area contributed by atoms with Gasteiger partial charge < -0.3 is 10.2 Å². The Bertz CT molecular complexity index is 784. The van der Waals surface area contributed by atoms with Gasteiger partial charge in [-0.15, -0.1) is 0 Å². The Labute approximate surface area is 167 Å². The van der Waals surface area contributed by atoms with Gasteiger partial charge in [0.15, 0.2) is 0 Å². The van der Waals surface area contributed by atoms with Crippen molar-refractivity contribution < 1.29 is 10.2 Å². The molecule has 2 aromatic rings. The molecule has 5 nitrogen and oxygen atoms in total. The van der Waals surface area contributed by atoms with Crippen LogP contribution in [0.15, 0.2) is 54.6 Å². The molecule has 0 bridgehead atoms. The number of para-hydroxylation sites is 1. The first-order valence-corrected chi connectivity index (χ1v) is 10.2. The van der Waals surface area contributed by atoms with Crippen LogP contribution >= 0.6 is 0 Å². The summed E-state index contributed by atoms with van der Waals surface area (Å²) in [5, 5.41) is 20.3. The number of rotatable bonds is 5. The predicted molar refractivity (Wildman–Crippen MR) is 111 cm³/mol. The Kier molecular flexibility index (Phi) is 5.69. The van der Waals surface area contributed by atoms with Crippen molar-refractivity contribution >= 4 is 0 Å². The Morgan fingerprint density at radius 3 is 2.39 bits per heavy atom. The number of aliphatic hydroxyl groups excluding tert-OH is 1. The minimum absolute atomic E-state index is 0.175. The van der Waals surface area contributed by atoms with Crippen LogP contribution < -0.4 is 0 Å². The van der Waals surface area contributed by atoms with E-state index in [9.17, 15) is 10.2 Å². The number of aromatic hydroxyl groups is 1. The maximum Gasteiger partial charge on any atom is 0.120 e. The van der Waals surface area contributed by atoms with Crippen molar-refractivity contribution in [1.82, 2.24) is 14.7 Å². The summed E-state index contributed by atoms with van der Waals surface area (Å²) in [4.78, 5) is 7.42. The van der Waals surface area contributed by atoms with Gasteiger partial charge in [0.2, 0.25) is 0 Å². The molecule has 2 aliphatic rings. The standard InChI is InChI=1S/C23H31N3O2/c1-23(18-27)17-25(13-19-7-3-2-4-8-19)16-21-15-24(11-12-26(21)23)14-20-9-5-6-10-22(20)28/h2-10,21,27-28H,11-18H2,1H3/t21-,23-/m0/s1. The molecule has 0 amide bonds. The summed E-state index contributed by atoms with van der Waals surface area (Å²) in [6, 6.07) is 18.6. The first-order chi connectivity index (χ1) is 13.6. The second kappa shape index (κ2) is 8.21. The summed E-state index contributed by atoms with van der Waals surface area (Å²) in [6.45, 7) is 8.80. The molecule has 2 fully saturated rings. The van der Waals surface area contributed by atoms with Gasteiger partial charge in [0.1, 0.15) is 5.75 Å². The van der Waals surface area contributed by atoms with Crippen molar-refractivity contribution in [3.63, 3.8) is 0 Å². The lowest BCUT2D eigenvalue weighted by Crippen LogP contribution is -2.71. The van der Waals surface area contributed by atoms with Crippen molar-refractivity contribution in [3.8, 4) is 5.75 Å². The number of hydrogen-bond acceptors (Lipinski definition) is 5. The van der Waals surface area contributed by atoms with Gasteiger partial charge >= 0.3 is 0 Å². The van der Waals surface area contributed by atoms with Gasteiger partial charge in [0.25, 0.3) is 0 Å². The smallest absolute Gasteiger partial charge is 0.120 e. The van der Waals surface area contributed by atoms with E-state index in [1.54, 1.807) is 6.07 Å². The van der Waals surface area contributed by atoms with Crippen LogP contribution in [0.4, 0.5) is 0 Å². The summed E-state index contributed by atoms with van der Waals surface area (Å²) in [5.74, 6) is 0.375. The fraction of sp³-hybridized carbons (Fsp3) is 0.478. The second-order valence-electron chi connectivity index (χ2n) is 8.52. The molecule has 2 saturated heterocycles. The summed E-state index contributed by atoms with van der Waals surface area (Å²) in [5.41, 5.74) is 2.09. The summed E-state index contributed by atoms with van der Waals surface area (Å²) < 4.78 is 0. The fourth-order valence-electron chi connectivity index (χ4n) is 4.85. The highest BCUT2D eigenvalue weighted by Crippen LogP contribution is 2.30. The maximum absolute atomic E-state index is 10.2. The molecule has 2 atom stereocenters. The zero-order valence-electron chi connectivity index (χ0n) is 16.7. The van der Waals surface area contributed by atoms with Crippen molar-refractivity contribution in [1.29, 1.82) is 0 Å². The number of piperazine rings is 2. The first-order valence-electron chi connectivity index (χ1n) is 10.2. The average molecular weight is 382 g/mol. The van der Waals surface area contributed by atoms with E-state index in [0.29, 0.717) is 11.8 Å². The van der Waals surface area contributed by atoms with Gasteiger partial charge in [-0.05, 0) is 18.6 Å². The molecule has 4 rings (SSSR count). The summed E-state index contributed by atoms with van der Waals surface area (Å²) in [7, 11) is 0. The van der Waals surface area contributed by atoms with Crippen LogP contribution in [0.1, 0.15) is 18.1 Å². The molecule has 0 aliphatic carbocycles. The number of phenols is 1. The number of phenolic OH excluding ortho intramolecular Hbond substituents is 1. The van der Waals surface area contributed by atoms with Gasteiger partial charge in [0.05, 0.1) is 12.1 Å². The molecule has 2 aromatic carbocycles. The van der Waals surface area contributed by atoms with E-state index >= 15 is 0 Å². The highest BCUT2D eigenvalue weighted by atomic mass is 16.3.